The minimum Gasteiger partial charge on any atom is -0.464 e. The normalized spacial score (nSPS) is 15.5. The zero-order chi connectivity index (χ0) is 25.2. The van der Waals surface area contributed by atoms with Gasteiger partial charge in [-0.2, -0.15) is 0 Å². The molecule has 182 valence electrons. The largest absolute Gasteiger partial charge is 0.464 e. The molecule has 3 heterocycles. The maximum atomic E-state index is 13.8. The fourth-order valence-corrected chi connectivity index (χ4v) is 5.31. The van der Waals surface area contributed by atoms with Crippen LogP contribution in [-0.4, -0.2) is 17.1 Å². The molecule has 0 fully saturated rings. The summed E-state index contributed by atoms with van der Waals surface area (Å²) >= 11 is 1.30. The van der Waals surface area contributed by atoms with Gasteiger partial charge >= 0.3 is 5.97 Å². The van der Waals surface area contributed by atoms with Gasteiger partial charge in [0, 0.05) is 5.56 Å². The van der Waals surface area contributed by atoms with Crippen molar-refractivity contribution in [3.05, 3.63) is 120 Å². The van der Waals surface area contributed by atoms with E-state index in [1.165, 1.54) is 16.9 Å². The number of carbonyl (C=O) groups is 1. The van der Waals surface area contributed by atoms with E-state index in [1.807, 2.05) is 61.5 Å². The molecule has 1 atom stereocenters. The van der Waals surface area contributed by atoms with Crippen molar-refractivity contribution < 1.29 is 13.9 Å². The predicted octanol–water partition coefficient (Wildman–Crippen LogP) is 4.40. The number of nitrogens with zero attached hydrogens (tertiary/aromatic N) is 2. The molecule has 0 spiro atoms. The van der Waals surface area contributed by atoms with Gasteiger partial charge in [-0.1, -0.05) is 72.9 Å². The van der Waals surface area contributed by atoms with Crippen molar-refractivity contribution in [3.8, 4) is 0 Å². The summed E-state index contributed by atoms with van der Waals surface area (Å²) < 4.78 is 13.5. The standard InChI is InChI=1S/C29H26N2O4S/c1-4-19-12-14-20(15-13-19)17-23-27(32)31-26(22-16-11-18(3)35-22)24(28(33)34-5-2)25(30-29(31)36-23)21-9-7-6-8-10-21/h6-17,26H,4-5H2,1-3H3. The summed E-state index contributed by atoms with van der Waals surface area (Å²) in [6.07, 6.45) is 2.81. The second-order valence-corrected chi connectivity index (χ2v) is 9.48. The molecule has 4 aromatic rings. The Bertz CT molecular complexity index is 1620. The molecular weight excluding hydrogens is 472 g/mol. The first-order valence-corrected chi connectivity index (χ1v) is 12.8. The third kappa shape index (κ3) is 4.38. The molecule has 5 rings (SSSR count). The number of fused-ring (bicyclic) bond motifs is 1. The molecule has 1 unspecified atom stereocenters. The number of aryl methyl sites for hydroxylation is 2. The van der Waals surface area contributed by atoms with Gasteiger partial charge in [0.05, 0.1) is 22.4 Å². The second kappa shape index (κ2) is 9.95. The smallest absolute Gasteiger partial charge is 0.338 e. The lowest BCUT2D eigenvalue weighted by Gasteiger charge is -2.24. The van der Waals surface area contributed by atoms with Crippen molar-refractivity contribution in [3.63, 3.8) is 0 Å². The van der Waals surface area contributed by atoms with Crippen LogP contribution in [-0.2, 0) is 16.0 Å². The maximum Gasteiger partial charge on any atom is 0.338 e. The quantitative estimate of drug-likeness (QED) is 0.370. The van der Waals surface area contributed by atoms with E-state index in [0.29, 0.717) is 26.6 Å². The van der Waals surface area contributed by atoms with Crippen molar-refractivity contribution in [2.24, 2.45) is 4.99 Å². The molecule has 0 amide bonds. The van der Waals surface area contributed by atoms with E-state index in [0.717, 1.165) is 17.5 Å². The first-order chi connectivity index (χ1) is 17.5. The third-order valence-corrected chi connectivity index (χ3v) is 7.07. The van der Waals surface area contributed by atoms with Crippen LogP contribution < -0.4 is 14.9 Å². The minimum absolute atomic E-state index is 0.201. The summed E-state index contributed by atoms with van der Waals surface area (Å²) in [5.74, 6) is 0.645. The van der Waals surface area contributed by atoms with Crippen LogP contribution in [0, 0.1) is 6.92 Å². The Balaban J connectivity index is 1.79. The molecule has 36 heavy (non-hydrogen) atoms. The average molecular weight is 499 g/mol. The van der Waals surface area contributed by atoms with Crippen molar-refractivity contribution in [2.75, 3.05) is 6.61 Å². The van der Waals surface area contributed by atoms with Gasteiger partial charge in [0.15, 0.2) is 4.80 Å². The fourth-order valence-electron chi connectivity index (χ4n) is 4.31. The van der Waals surface area contributed by atoms with E-state index >= 15 is 0 Å². The Morgan fingerprint density at radius 3 is 2.47 bits per heavy atom. The van der Waals surface area contributed by atoms with E-state index in [9.17, 15) is 9.59 Å². The van der Waals surface area contributed by atoms with E-state index < -0.39 is 12.0 Å². The fraction of sp³-hybridized carbons (Fsp3) is 0.207. The molecule has 0 N–H and O–H groups in total. The number of rotatable bonds is 6. The number of furan rings is 1. The van der Waals surface area contributed by atoms with Gasteiger partial charge in [-0.15, -0.1) is 0 Å². The summed E-state index contributed by atoms with van der Waals surface area (Å²) in [7, 11) is 0. The van der Waals surface area contributed by atoms with Crippen LogP contribution in [0.4, 0.5) is 0 Å². The van der Waals surface area contributed by atoms with Crippen LogP contribution >= 0.6 is 11.3 Å². The molecule has 2 aromatic heterocycles. The predicted molar refractivity (Wildman–Crippen MR) is 140 cm³/mol. The number of benzene rings is 2. The van der Waals surface area contributed by atoms with Gasteiger partial charge in [-0.05, 0) is 49.6 Å². The molecule has 7 heteroatoms. The van der Waals surface area contributed by atoms with E-state index in [1.54, 1.807) is 17.6 Å². The number of esters is 1. The lowest BCUT2D eigenvalue weighted by molar-refractivity contribution is -0.139. The number of aromatic nitrogens is 1. The minimum atomic E-state index is -0.797. The number of thiazole rings is 1. The molecule has 0 bridgehead atoms. The zero-order valence-corrected chi connectivity index (χ0v) is 21.2. The Labute approximate surface area is 212 Å². The topological polar surface area (TPSA) is 73.8 Å². The average Bonchev–Trinajstić information content (AvgIpc) is 3.46. The number of ether oxygens (including phenoxy) is 1. The SMILES string of the molecule is CCOC(=O)C1=C(c2ccccc2)N=c2sc(=Cc3ccc(CC)cc3)c(=O)n2C1c1ccc(C)o1. The first kappa shape index (κ1) is 23.8. The van der Waals surface area contributed by atoms with Crippen LogP contribution in [0.25, 0.3) is 11.8 Å². The van der Waals surface area contributed by atoms with Crippen LogP contribution in [0.2, 0.25) is 0 Å². The van der Waals surface area contributed by atoms with Crippen LogP contribution in [0.3, 0.4) is 0 Å². The second-order valence-electron chi connectivity index (χ2n) is 8.48. The van der Waals surface area contributed by atoms with Crippen LogP contribution in [0.5, 0.6) is 0 Å². The molecule has 1 aliphatic rings. The highest BCUT2D eigenvalue weighted by molar-refractivity contribution is 7.07. The highest BCUT2D eigenvalue weighted by Crippen LogP contribution is 2.35. The number of hydrogen-bond donors (Lipinski definition) is 0. The highest BCUT2D eigenvalue weighted by Gasteiger charge is 2.36. The van der Waals surface area contributed by atoms with E-state index in [2.05, 4.69) is 19.1 Å². The summed E-state index contributed by atoms with van der Waals surface area (Å²) in [6, 6.07) is 20.4. The van der Waals surface area contributed by atoms with Crippen LogP contribution in [0.1, 0.15) is 48.1 Å². The summed E-state index contributed by atoms with van der Waals surface area (Å²) in [4.78, 5) is 32.5. The van der Waals surface area contributed by atoms with Gasteiger partial charge in [-0.25, -0.2) is 9.79 Å². The van der Waals surface area contributed by atoms with E-state index in [4.69, 9.17) is 14.1 Å². The summed E-state index contributed by atoms with van der Waals surface area (Å²) in [6.45, 7) is 5.89. The Morgan fingerprint density at radius 2 is 1.83 bits per heavy atom. The van der Waals surface area contributed by atoms with Crippen molar-refractivity contribution in [2.45, 2.75) is 33.2 Å². The van der Waals surface area contributed by atoms with Crippen LogP contribution in [0.15, 0.2) is 86.5 Å². The molecule has 6 nitrogen and oxygen atoms in total. The molecule has 2 aromatic carbocycles. The van der Waals surface area contributed by atoms with Crippen molar-refractivity contribution in [1.29, 1.82) is 0 Å². The Morgan fingerprint density at radius 1 is 1.08 bits per heavy atom. The molecule has 0 saturated heterocycles. The molecule has 0 saturated carbocycles. The molecule has 0 radical (unpaired) electrons. The molecule has 1 aliphatic heterocycles. The molecule has 0 aliphatic carbocycles. The van der Waals surface area contributed by atoms with Gasteiger partial charge in [-0.3, -0.25) is 9.36 Å². The lowest BCUT2D eigenvalue weighted by atomic mass is 9.97. The van der Waals surface area contributed by atoms with E-state index in [-0.39, 0.29) is 17.7 Å². The maximum absolute atomic E-state index is 13.8. The van der Waals surface area contributed by atoms with Gasteiger partial charge < -0.3 is 9.15 Å². The van der Waals surface area contributed by atoms with Gasteiger partial charge in [0.2, 0.25) is 0 Å². The third-order valence-electron chi connectivity index (χ3n) is 6.09. The summed E-state index contributed by atoms with van der Waals surface area (Å²) in [5.41, 5.74) is 3.45. The zero-order valence-electron chi connectivity index (χ0n) is 20.4. The number of carbonyl (C=O) groups excluding carboxylic acids is 1. The Kier molecular flexibility index (Phi) is 6.57. The van der Waals surface area contributed by atoms with Crippen molar-refractivity contribution >= 4 is 29.1 Å². The monoisotopic (exact) mass is 498 g/mol. The van der Waals surface area contributed by atoms with Gasteiger partial charge in [0.1, 0.15) is 17.6 Å². The van der Waals surface area contributed by atoms with Crippen molar-refractivity contribution in [1.82, 2.24) is 4.57 Å². The first-order valence-electron chi connectivity index (χ1n) is 11.9. The molecular formula is C29H26N2O4S. The number of hydrogen-bond acceptors (Lipinski definition) is 6. The van der Waals surface area contributed by atoms with Gasteiger partial charge in [0.25, 0.3) is 5.56 Å². The lowest BCUT2D eigenvalue weighted by Crippen LogP contribution is -2.39. The Hall–Kier alpha value is -3.97. The summed E-state index contributed by atoms with van der Waals surface area (Å²) in [5, 5.41) is 0. The highest BCUT2D eigenvalue weighted by atomic mass is 32.1.